The Morgan fingerprint density at radius 3 is 2.46 bits per heavy atom. The van der Waals surface area contributed by atoms with Crippen LogP contribution in [0.1, 0.15) is 26.3 Å². The number of carbonyl (C=O) groups excluding carboxylic acids is 2. The highest BCUT2D eigenvalue weighted by Gasteiger charge is 2.18. The first-order valence-electron chi connectivity index (χ1n) is 8.90. The second kappa shape index (κ2) is 10.7. The molecule has 0 aliphatic carbocycles. The van der Waals surface area contributed by atoms with Crippen LogP contribution in [0.25, 0.3) is 0 Å². The first-order chi connectivity index (χ1) is 12.3. The summed E-state index contributed by atoms with van der Waals surface area (Å²) in [5.74, 6) is 0.295. The molecule has 0 heterocycles. The number of ether oxygens (including phenoxy) is 1. The molecule has 2 N–H and O–H groups in total. The van der Waals surface area contributed by atoms with Crippen molar-refractivity contribution >= 4 is 23.3 Å². The number of hydrogen-bond acceptors (Lipinski definition) is 4. The monoisotopic (exact) mass is 364 g/mol. The van der Waals surface area contributed by atoms with Gasteiger partial charge in [-0.1, -0.05) is 13.8 Å². The lowest BCUT2D eigenvalue weighted by Gasteiger charge is -2.27. The first-order valence-corrected chi connectivity index (χ1v) is 8.90. The lowest BCUT2D eigenvalue weighted by Crippen LogP contribution is -2.36. The van der Waals surface area contributed by atoms with Crippen LogP contribution >= 0.6 is 0 Å². The fourth-order valence-electron chi connectivity index (χ4n) is 2.68. The Bertz CT molecular complexity index is 602. The minimum absolute atomic E-state index is 0.0482. The molecule has 7 heteroatoms. The molecule has 7 nitrogen and oxygen atoms in total. The molecule has 0 spiro atoms. The number of rotatable bonds is 9. The number of nitrogens with one attached hydrogen (secondary N) is 2. The van der Waals surface area contributed by atoms with E-state index in [2.05, 4.69) is 24.5 Å². The molecule has 0 aliphatic rings. The standard InChI is InChI=1S/C19H32N4O3/c1-7-20-19(25)21-16-8-9-17(22(4)5)15(10-16)12-23(11-14(2)3)18(24)13-26-6/h8-10,14H,7,11-13H2,1-6H3,(H2,20,21,25). The molecule has 0 bridgehead atoms. The topological polar surface area (TPSA) is 73.9 Å². The van der Waals surface area contributed by atoms with Gasteiger partial charge in [-0.15, -0.1) is 0 Å². The van der Waals surface area contributed by atoms with Crippen molar-refractivity contribution in [2.75, 3.05) is 51.1 Å². The van der Waals surface area contributed by atoms with Gasteiger partial charge in [0.05, 0.1) is 0 Å². The number of carbonyl (C=O) groups is 2. The Labute approximate surface area is 156 Å². The summed E-state index contributed by atoms with van der Waals surface area (Å²) in [4.78, 5) is 28.0. The Morgan fingerprint density at radius 2 is 1.92 bits per heavy atom. The molecule has 1 rings (SSSR count). The summed E-state index contributed by atoms with van der Waals surface area (Å²) in [5, 5.41) is 5.53. The van der Waals surface area contributed by atoms with E-state index in [9.17, 15) is 9.59 Å². The Kier molecular flexibility index (Phi) is 8.92. The number of methoxy groups -OCH3 is 1. The maximum atomic E-state index is 12.4. The average Bonchev–Trinajstić information content (AvgIpc) is 2.54. The van der Waals surface area contributed by atoms with Crippen LogP contribution in [-0.2, 0) is 16.1 Å². The van der Waals surface area contributed by atoms with E-state index in [4.69, 9.17) is 4.74 Å². The summed E-state index contributed by atoms with van der Waals surface area (Å²) >= 11 is 0. The molecule has 3 amide bonds. The third-order valence-electron chi connectivity index (χ3n) is 3.72. The van der Waals surface area contributed by atoms with Crippen molar-refractivity contribution in [3.05, 3.63) is 23.8 Å². The highest BCUT2D eigenvalue weighted by atomic mass is 16.5. The van der Waals surface area contributed by atoms with Gasteiger partial charge in [-0.05, 0) is 36.6 Å². The fraction of sp³-hybridized carbons (Fsp3) is 0.579. The molecular weight excluding hydrogens is 332 g/mol. The first kappa shape index (κ1) is 21.8. The van der Waals surface area contributed by atoms with E-state index in [1.165, 1.54) is 7.11 Å². The van der Waals surface area contributed by atoms with Crippen molar-refractivity contribution in [3.63, 3.8) is 0 Å². The molecule has 0 fully saturated rings. The maximum absolute atomic E-state index is 12.4. The van der Waals surface area contributed by atoms with Gasteiger partial charge in [-0.25, -0.2) is 4.79 Å². The van der Waals surface area contributed by atoms with Crippen LogP contribution < -0.4 is 15.5 Å². The van der Waals surface area contributed by atoms with Gasteiger partial charge in [0.1, 0.15) is 6.61 Å². The van der Waals surface area contributed by atoms with Crippen molar-refractivity contribution in [1.29, 1.82) is 0 Å². The zero-order chi connectivity index (χ0) is 19.7. The lowest BCUT2D eigenvalue weighted by molar-refractivity contribution is -0.136. The van der Waals surface area contributed by atoms with Crippen LogP contribution in [0, 0.1) is 5.92 Å². The molecule has 0 atom stereocenters. The largest absolute Gasteiger partial charge is 0.377 e. The summed E-state index contributed by atoms with van der Waals surface area (Å²) in [7, 11) is 5.44. The number of nitrogens with zero attached hydrogens (tertiary/aromatic N) is 2. The van der Waals surface area contributed by atoms with Crippen LogP contribution in [-0.4, -0.2) is 57.7 Å². The molecular formula is C19H32N4O3. The third kappa shape index (κ3) is 6.92. The van der Waals surface area contributed by atoms with Gasteiger partial charge < -0.3 is 25.2 Å². The SMILES string of the molecule is CCNC(=O)Nc1ccc(N(C)C)c(CN(CC(C)C)C(=O)COC)c1. The van der Waals surface area contributed by atoms with Crippen molar-refractivity contribution in [3.8, 4) is 0 Å². The molecule has 146 valence electrons. The quantitative estimate of drug-likeness (QED) is 0.706. The second-order valence-electron chi connectivity index (χ2n) is 6.82. The summed E-state index contributed by atoms with van der Waals surface area (Å²) in [6.45, 7) is 7.73. The van der Waals surface area contributed by atoms with Gasteiger partial charge in [0, 0.05) is 52.2 Å². The van der Waals surface area contributed by atoms with E-state index in [0.717, 1.165) is 11.3 Å². The van der Waals surface area contributed by atoms with E-state index in [1.54, 1.807) is 4.90 Å². The van der Waals surface area contributed by atoms with Crippen LogP contribution in [0.5, 0.6) is 0 Å². The average molecular weight is 364 g/mol. The van der Waals surface area contributed by atoms with Gasteiger partial charge in [0.2, 0.25) is 5.91 Å². The molecule has 1 aromatic carbocycles. The third-order valence-corrected chi connectivity index (χ3v) is 3.72. The molecule has 0 aromatic heterocycles. The number of benzene rings is 1. The molecule has 0 saturated heterocycles. The van der Waals surface area contributed by atoms with Gasteiger partial charge in [0.25, 0.3) is 0 Å². The van der Waals surface area contributed by atoms with Crippen LogP contribution in [0.2, 0.25) is 0 Å². The van der Waals surface area contributed by atoms with Crippen LogP contribution in [0.3, 0.4) is 0 Å². The molecule has 1 aromatic rings. The van der Waals surface area contributed by atoms with E-state index in [0.29, 0.717) is 31.2 Å². The van der Waals surface area contributed by atoms with Gasteiger partial charge in [-0.2, -0.15) is 0 Å². The molecule has 0 saturated carbocycles. The maximum Gasteiger partial charge on any atom is 0.319 e. The van der Waals surface area contributed by atoms with Gasteiger partial charge in [-0.3, -0.25) is 4.79 Å². The van der Waals surface area contributed by atoms with Crippen LogP contribution in [0.15, 0.2) is 18.2 Å². The second-order valence-corrected chi connectivity index (χ2v) is 6.82. The number of hydrogen-bond donors (Lipinski definition) is 2. The number of anilines is 2. The van der Waals surface area contributed by atoms with E-state index < -0.39 is 0 Å². The summed E-state index contributed by atoms with van der Waals surface area (Å²) in [6, 6.07) is 5.48. The molecule has 0 unspecified atom stereocenters. The minimum Gasteiger partial charge on any atom is -0.377 e. The predicted octanol–water partition coefficient (Wildman–Crippen LogP) is 2.53. The minimum atomic E-state index is -0.245. The van der Waals surface area contributed by atoms with E-state index in [1.807, 2.05) is 44.1 Å². The summed E-state index contributed by atoms with van der Waals surface area (Å²) in [5.41, 5.74) is 2.67. The Hall–Kier alpha value is -2.28. The fourth-order valence-corrected chi connectivity index (χ4v) is 2.68. The van der Waals surface area contributed by atoms with Crippen molar-refractivity contribution in [1.82, 2.24) is 10.2 Å². The lowest BCUT2D eigenvalue weighted by atomic mass is 10.1. The van der Waals surface area contributed by atoms with Gasteiger partial charge >= 0.3 is 6.03 Å². The molecule has 0 radical (unpaired) electrons. The zero-order valence-corrected chi connectivity index (χ0v) is 16.8. The summed E-state index contributed by atoms with van der Waals surface area (Å²) in [6.07, 6.45) is 0. The Balaban J connectivity index is 3.10. The normalized spacial score (nSPS) is 10.6. The summed E-state index contributed by atoms with van der Waals surface area (Å²) < 4.78 is 5.02. The van der Waals surface area contributed by atoms with Crippen molar-refractivity contribution in [2.24, 2.45) is 5.92 Å². The van der Waals surface area contributed by atoms with E-state index in [-0.39, 0.29) is 18.5 Å². The molecule has 26 heavy (non-hydrogen) atoms. The van der Waals surface area contributed by atoms with Gasteiger partial charge in [0.15, 0.2) is 0 Å². The molecule has 0 aliphatic heterocycles. The highest BCUT2D eigenvalue weighted by molar-refractivity contribution is 5.89. The van der Waals surface area contributed by atoms with Crippen molar-refractivity contribution < 1.29 is 14.3 Å². The predicted molar refractivity (Wildman–Crippen MR) is 106 cm³/mol. The number of urea groups is 1. The zero-order valence-electron chi connectivity index (χ0n) is 16.8. The van der Waals surface area contributed by atoms with E-state index >= 15 is 0 Å². The number of amides is 3. The van der Waals surface area contributed by atoms with Crippen LogP contribution in [0.4, 0.5) is 16.2 Å². The highest BCUT2D eigenvalue weighted by Crippen LogP contribution is 2.25. The Morgan fingerprint density at radius 1 is 1.23 bits per heavy atom. The smallest absolute Gasteiger partial charge is 0.319 e. The van der Waals surface area contributed by atoms with Crippen molar-refractivity contribution in [2.45, 2.75) is 27.3 Å².